The Balaban J connectivity index is -0.00000000833. The van der Waals surface area contributed by atoms with Gasteiger partial charge in [0.2, 0.25) is 0 Å². The van der Waals surface area contributed by atoms with Crippen LogP contribution in [0.4, 0.5) is 4.53 Å². The van der Waals surface area contributed by atoms with Gasteiger partial charge in [-0.1, -0.05) is 4.73 Å². The Morgan fingerprint density at radius 2 is 1.44 bits per heavy atom. The van der Waals surface area contributed by atoms with E-state index in [0.29, 0.717) is 0 Å². The van der Waals surface area contributed by atoms with E-state index < -0.39 is 7.82 Å². The molecular weight excluding hydrogens is 135 g/mol. The van der Waals surface area contributed by atoms with Gasteiger partial charge in [0, 0.05) is 0 Å². The summed E-state index contributed by atoms with van der Waals surface area (Å²) in [5, 5.41) is 0. The van der Waals surface area contributed by atoms with E-state index in [0.717, 1.165) is 0 Å². The first kappa shape index (κ1) is 22.4. The second kappa shape index (κ2) is 9.83. The molecule has 0 aliphatic heterocycles. The summed E-state index contributed by atoms with van der Waals surface area (Å²) in [5.74, 6) is 0. The van der Waals surface area contributed by atoms with Gasteiger partial charge >= 0.3 is 64.4 Å². The first-order chi connectivity index (χ1) is 2.56. The fourth-order valence-electron chi connectivity index (χ4n) is 0. The summed E-state index contributed by atoms with van der Waals surface area (Å²) >= 11 is 0. The fraction of sp³-hybridized carbons (Fsp3) is 0. The Morgan fingerprint density at radius 3 is 1.44 bits per heavy atom. The largest absolute Gasteiger partial charge is 1.00 e. The minimum absolute atomic E-state index is 0. The van der Waals surface area contributed by atoms with Gasteiger partial charge in [-0.15, -0.1) is 0 Å². The Labute approximate surface area is 92.0 Å². The minimum Gasteiger partial charge on any atom is -1.00 e. The minimum atomic E-state index is -4.81. The van der Waals surface area contributed by atoms with Crippen molar-refractivity contribution in [2.75, 3.05) is 0 Å². The fourth-order valence-corrected chi connectivity index (χ4v) is 0. The molecule has 0 aliphatic carbocycles. The van der Waals surface area contributed by atoms with Crippen LogP contribution < -0.4 is 56.6 Å². The molecule has 9 heteroatoms. The summed E-state index contributed by atoms with van der Waals surface area (Å²) in [4.78, 5) is 14.7. The molecule has 0 heterocycles. The van der Waals surface area contributed by atoms with Crippen molar-refractivity contribution in [3.8, 4) is 0 Å². The molecule has 0 fully saturated rings. The summed E-state index contributed by atoms with van der Waals surface area (Å²) in [7, 11) is -4.81. The van der Waals surface area contributed by atoms with Crippen LogP contribution in [-0.4, -0.2) is 9.79 Å². The average molecular weight is 140 g/mol. The smallest absolute Gasteiger partial charge is 1.00 e. The molecule has 0 aromatic carbocycles. The van der Waals surface area contributed by atoms with Crippen LogP contribution in [-0.2, 0) is 9.29 Å². The molecule has 0 bridgehead atoms. The van der Waals surface area contributed by atoms with Crippen LogP contribution in [0, 0.1) is 0 Å². The maximum atomic E-state index is 10.2. The van der Waals surface area contributed by atoms with Crippen molar-refractivity contribution in [1.29, 1.82) is 0 Å². The summed E-state index contributed by atoms with van der Waals surface area (Å²) in [6.45, 7) is 0. The van der Waals surface area contributed by atoms with Crippen LogP contribution in [0.3, 0.4) is 0 Å². The molecule has 0 unspecified atom stereocenters. The van der Waals surface area contributed by atoms with E-state index in [1.165, 1.54) is 0 Å². The van der Waals surface area contributed by atoms with Crippen LogP contribution in [0.2, 0.25) is 0 Å². The van der Waals surface area contributed by atoms with E-state index in [1.807, 2.05) is 0 Å². The molecule has 0 amide bonds. The molecule has 4 nitrogen and oxygen atoms in total. The standard InChI is InChI=1S/FH2O4P.3Li.3H/c1-5-6(2,3)4;;;;;;/h(H2,2,3,4);;;;;;/q;3*+1;3*-1. The van der Waals surface area contributed by atoms with Gasteiger partial charge in [-0.25, -0.2) is 4.57 Å². The molecule has 9 heavy (non-hydrogen) atoms. The van der Waals surface area contributed by atoms with Gasteiger partial charge in [0.05, 0.1) is 0 Å². The van der Waals surface area contributed by atoms with E-state index in [4.69, 9.17) is 14.4 Å². The second-order valence-electron chi connectivity index (χ2n) is 0.560. The predicted octanol–water partition coefficient (Wildman–Crippen LogP) is -8.67. The quantitative estimate of drug-likeness (QED) is 0.280. The van der Waals surface area contributed by atoms with Crippen molar-refractivity contribution in [3.05, 3.63) is 0 Å². The topological polar surface area (TPSA) is 66.8 Å². The molecule has 0 atom stereocenters. The molecule has 0 aliphatic rings. The van der Waals surface area contributed by atoms with Gasteiger partial charge in [0.1, 0.15) is 0 Å². The van der Waals surface area contributed by atoms with E-state index >= 15 is 0 Å². The first-order valence-electron chi connectivity index (χ1n) is 0.919. The van der Waals surface area contributed by atoms with Gasteiger partial charge in [-0.05, 0) is 4.53 Å². The summed E-state index contributed by atoms with van der Waals surface area (Å²) in [5.41, 5.74) is 0. The van der Waals surface area contributed by atoms with Crippen LogP contribution >= 0.6 is 7.82 Å². The van der Waals surface area contributed by atoms with Gasteiger partial charge in [0.15, 0.2) is 0 Å². The number of rotatable bonds is 1. The van der Waals surface area contributed by atoms with Crippen LogP contribution in [0.15, 0.2) is 0 Å². The van der Waals surface area contributed by atoms with E-state index in [9.17, 15) is 4.53 Å². The van der Waals surface area contributed by atoms with Crippen LogP contribution in [0.25, 0.3) is 0 Å². The first-order valence-corrected chi connectivity index (χ1v) is 2.45. The molecule has 0 radical (unpaired) electrons. The third kappa shape index (κ3) is 25.8. The van der Waals surface area contributed by atoms with Gasteiger partial charge in [-0.3, -0.25) is 0 Å². The Kier molecular flexibility index (Phi) is 24.5. The molecule has 0 saturated carbocycles. The summed E-state index contributed by atoms with van der Waals surface area (Å²) < 4.78 is 21.4. The zero-order valence-corrected chi connectivity index (χ0v) is 6.43. The van der Waals surface area contributed by atoms with Crippen molar-refractivity contribution < 1.29 is 84.5 Å². The van der Waals surface area contributed by atoms with Gasteiger partial charge in [-0.2, -0.15) is 0 Å². The molecule has 0 aromatic heterocycles. The number of hydrogen-bond donors (Lipinski definition) is 2. The molecule has 0 spiro atoms. The van der Waals surface area contributed by atoms with Crippen molar-refractivity contribution >= 4 is 7.82 Å². The Morgan fingerprint density at radius 1 is 1.33 bits per heavy atom. The zero-order valence-electron chi connectivity index (χ0n) is 8.54. The van der Waals surface area contributed by atoms with Crippen molar-refractivity contribution in [2.24, 2.45) is 0 Å². The molecular formula is H5FLi3O4P. The zero-order chi connectivity index (χ0) is 5.21. The molecule has 0 saturated heterocycles. The SMILES string of the molecule is O=P(O)(O)OF.[H-].[H-].[H-].[Li+].[Li+].[Li+]. The molecule has 0 rings (SSSR count). The average Bonchev–Trinajstić information content (AvgIpc) is 1.35. The predicted molar refractivity (Wildman–Crippen MR) is 17.6 cm³/mol. The molecule has 0 aromatic rings. The maximum absolute atomic E-state index is 10.2. The van der Waals surface area contributed by atoms with Crippen molar-refractivity contribution in [1.82, 2.24) is 0 Å². The maximum Gasteiger partial charge on any atom is 1.00 e. The van der Waals surface area contributed by atoms with Crippen LogP contribution in [0.5, 0.6) is 0 Å². The van der Waals surface area contributed by atoms with Gasteiger partial charge < -0.3 is 14.1 Å². The number of halogens is 1. The van der Waals surface area contributed by atoms with E-state index in [-0.39, 0.29) is 60.9 Å². The third-order valence-corrected chi connectivity index (χ3v) is 0.270. The third-order valence-electron chi connectivity index (χ3n) is 0.0899. The second-order valence-corrected chi connectivity index (χ2v) is 1.68. The Bertz CT molecular complexity index is 89.6. The molecule has 44 valence electrons. The van der Waals surface area contributed by atoms with E-state index in [1.54, 1.807) is 0 Å². The monoisotopic (exact) mass is 140 g/mol. The number of phosphoric acid groups is 1. The van der Waals surface area contributed by atoms with E-state index in [2.05, 4.69) is 4.73 Å². The molecule has 2 N–H and O–H groups in total. The normalized spacial score (nSPS) is 7.89. The van der Waals surface area contributed by atoms with Crippen molar-refractivity contribution in [3.63, 3.8) is 0 Å². The Hall–Kier alpha value is 1.83. The van der Waals surface area contributed by atoms with Crippen LogP contribution in [0.1, 0.15) is 4.28 Å². The summed E-state index contributed by atoms with van der Waals surface area (Å²) in [6, 6.07) is 0. The number of hydrogen-bond acceptors (Lipinski definition) is 2. The van der Waals surface area contributed by atoms with Crippen molar-refractivity contribution in [2.45, 2.75) is 0 Å². The summed E-state index contributed by atoms with van der Waals surface area (Å²) in [6.07, 6.45) is 0. The van der Waals surface area contributed by atoms with Gasteiger partial charge in [0.25, 0.3) is 0 Å².